The smallest absolute Gasteiger partial charge is 0.261 e. The topological polar surface area (TPSA) is 85.8 Å². The summed E-state index contributed by atoms with van der Waals surface area (Å²) in [6, 6.07) is 4.62. The third kappa shape index (κ3) is 5.47. The molecule has 1 N–H and O–H groups in total. The number of carbonyl (C=O) groups is 1. The molecule has 3 aliphatic rings. The Kier molecular flexibility index (Phi) is 7.67. The first kappa shape index (κ1) is 24.9. The molecule has 3 atom stereocenters. The zero-order valence-electron chi connectivity index (χ0n) is 21.0. The second-order valence-electron chi connectivity index (χ2n) is 10.1. The predicted octanol–water partition coefficient (Wildman–Crippen LogP) is 3.24. The molecule has 4 heterocycles. The minimum absolute atomic E-state index is 0.0750. The van der Waals surface area contributed by atoms with Gasteiger partial charge < -0.3 is 24.4 Å². The first-order chi connectivity index (χ1) is 17.5. The SMILES string of the molecule is COc1ccc([C@H](NC(=O)[C@H]2CCc3cnc(CC4CCOCC4)nc3O2)[C@H]2CCCN2C)cc1F. The highest BCUT2D eigenvalue weighted by Gasteiger charge is 2.35. The van der Waals surface area contributed by atoms with Gasteiger partial charge in [-0.1, -0.05) is 6.07 Å². The molecule has 36 heavy (non-hydrogen) atoms. The van der Waals surface area contributed by atoms with Gasteiger partial charge in [-0.2, -0.15) is 4.98 Å². The van der Waals surface area contributed by atoms with Gasteiger partial charge in [-0.25, -0.2) is 9.37 Å². The van der Waals surface area contributed by atoms with Crippen LogP contribution in [0.2, 0.25) is 0 Å². The maximum atomic E-state index is 14.6. The van der Waals surface area contributed by atoms with Crippen molar-refractivity contribution in [1.82, 2.24) is 20.2 Å². The van der Waals surface area contributed by atoms with Gasteiger partial charge in [-0.05, 0) is 75.7 Å². The van der Waals surface area contributed by atoms with Crippen LogP contribution in [-0.2, 0) is 22.4 Å². The van der Waals surface area contributed by atoms with Crippen molar-refractivity contribution in [3.63, 3.8) is 0 Å². The lowest BCUT2D eigenvalue weighted by Crippen LogP contribution is -2.47. The number of aryl methyl sites for hydroxylation is 1. The zero-order chi connectivity index (χ0) is 25.1. The molecule has 2 fully saturated rings. The molecule has 0 saturated carbocycles. The molecule has 8 nitrogen and oxygen atoms in total. The summed E-state index contributed by atoms with van der Waals surface area (Å²) in [5.74, 6) is 1.31. The fourth-order valence-corrected chi connectivity index (χ4v) is 5.55. The van der Waals surface area contributed by atoms with Crippen LogP contribution in [0.1, 0.15) is 55.1 Å². The van der Waals surface area contributed by atoms with Crippen LogP contribution in [0, 0.1) is 11.7 Å². The number of methoxy groups -OCH3 is 1. The van der Waals surface area contributed by atoms with Gasteiger partial charge in [0.25, 0.3) is 5.91 Å². The molecule has 1 aromatic heterocycles. The van der Waals surface area contributed by atoms with E-state index >= 15 is 0 Å². The summed E-state index contributed by atoms with van der Waals surface area (Å²) in [5.41, 5.74) is 1.65. The molecule has 2 aromatic rings. The predicted molar refractivity (Wildman–Crippen MR) is 132 cm³/mol. The zero-order valence-corrected chi connectivity index (χ0v) is 21.0. The van der Waals surface area contributed by atoms with Crippen molar-refractivity contribution in [2.75, 3.05) is 33.9 Å². The van der Waals surface area contributed by atoms with E-state index in [1.165, 1.54) is 13.2 Å². The van der Waals surface area contributed by atoms with Gasteiger partial charge in [0, 0.05) is 37.4 Å². The molecule has 194 valence electrons. The molecule has 0 spiro atoms. The summed E-state index contributed by atoms with van der Waals surface area (Å²) in [6.07, 6.45) is 7.17. The molecular weight excluding hydrogens is 463 g/mol. The Morgan fingerprint density at radius 3 is 2.83 bits per heavy atom. The van der Waals surface area contributed by atoms with Crippen LogP contribution in [0.4, 0.5) is 4.39 Å². The van der Waals surface area contributed by atoms with Gasteiger partial charge in [0.1, 0.15) is 5.82 Å². The van der Waals surface area contributed by atoms with Crippen molar-refractivity contribution in [3.8, 4) is 11.6 Å². The van der Waals surface area contributed by atoms with Crippen LogP contribution in [0.5, 0.6) is 11.6 Å². The van der Waals surface area contributed by atoms with Gasteiger partial charge in [0.2, 0.25) is 5.88 Å². The molecule has 5 rings (SSSR count). The van der Waals surface area contributed by atoms with Crippen LogP contribution in [0.15, 0.2) is 24.4 Å². The normalized spacial score (nSPS) is 23.5. The summed E-state index contributed by atoms with van der Waals surface area (Å²) >= 11 is 0. The number of likely N-dealkylation sites (tertiary alicyclic amines) is 1. The maximum Gasteiger partial charge on any atom is 0.261 e. The molecule has 9 heteroatoms. The number of rotatable bonds is 7. The number of fused-ring (bicyclic) bond motifs is 1. The molecule has 0 aliphatic carbocycles. The Hall–Kier alpha value is -2.78. The third-order valence-corrected chi connectivity index (χ3v) is 7.70. The van der Waals surface area contributed by atoms with E-state index in [1.807, 2.05) is 19.3 Å². The summed E-state index contributed by atoms with van der Waals surface area (Å²) in [5, 5.41) is 3.18. The van der Waals surface area contributed by atoms with E-state index in [-0.39, 0.29) is 23.7 Å². The Bertz CT molecular complexity index is 1080. The monoisotopic (exact) mass is 498 g/mol. The number of ether oxygens (including phenoxy) is 3. The lowest BCUT2D eigenvalue weighted by Gasteiger charge is -2.32. The van der Waals surface area contributed by atoms with Crippen LogP contribution < -0.4 is 14.8 Å². The Balaban J connectivity index is 1.30. The van der Waals surface area contributed by atoms with Gasteiger partial charge in [-0.3, -0.25) is 4.79 Å². The summed E-state index contributed by atoms with van der Waals surface area (Å²) in [7, 11) is 3.49. The Morgan fingerprint density at radius 1 is 1.28 bits per heavy atom. The number of hydrogen-bond donors (Lipinski definition) is 1. The molecule has 2 saturated heterocycles. The van der Waals surface area contributed by atoms with E-state index in [4.69, 9.17) is 14.2 Å². The second-order valence-corrected chi connectivity index (χ2v) is 10.1. The molecule has 0 radical (unpaired) electrons. The number of benzene rings is 1. The van der Waals surface area contributed by atoms with Crippen molar-refractivity contribution in [2.24, 2.45) is 5.92 Å². The number of aromatic nitrogens is 2. The molecule has 0 unspecified atom stereocenters. The number of hydrogen-bond acceptors (Lipinski definition) is 7. The summed E-state index contributed by atoms with van der Waals surface area (Å²) in [6.45, 7) is 2.50. The highest BCUT2D eigenvalue weighted by Crippen LogP contribution is 2.32. The maximum absolute atomic E-state index is 14.6. The van der Waals surface area contributed by atoms with Crippen molar-refractivity contribution in [3.05, 3.63) is 47.2 Å². The largest absolute Gasteiger partial charge is 0.494 e. The fraction of sp³-hybridized carbons (Fsp3) is 0.593. The Morgan fingerprint density at radius 2 is 2.11 bits per heavy atom. The van der Waals surface area contributed by atoms with Gasteiger partial charge in [0.15, 0.2) is 17.7 Å². The first-order valence-electron chi connectivity index (χ1n) is 12.9. The number of nitrogens with zero attached hydrogens (tertiary/aromatic N) is 3. The van der Waals surface area contributed by atoms with Crippen molar-refractivity contribution in [2.45, 2.75) is 63.1 Å². The number of amides is 1. The molecule has 3 aliphatic heterocycles. The average Bonchev–Trinajstić information content (AvgIpc) is 3.32. The molecule has 1 amide bonds. The fourth-order valence-electron chi connectivity index (χ4n) is 5.55. The van der Waals surface area contributed by atoms with E-state index in [2.05, 4.69) is 20.2 Å². The van der Waals surface area contributed by atoms with Crippen LogP contribution in [0.3, 0.4) is 0 Å². The molecule has 0 bridgehead atoms. The number of likely N-dealkylation sites (N-methyl/N-ethyl adjacent to an activating group) is 1. The van der Waals surface area contributed by atoms with Crippen LogP contribution in [-0.4, -0.2) is 66.8 Å². The summed E-state index contributed by atoms with van der Waals surface area (Å²) in [4.78, 5) is 24.9. The van der Waals surface area contributed by atoms with Crippen molar-refractivity contribution >= 4 is 5.91 Å². The molecular formula is C27H35FN4O4. The number of halogens is 1. The van der Waals surface area contributed by atoms with Crippen LogP contribution >= 0.6 is 0 Å². The molecule has 1 aromatic carbocycles. The lowest BCUT2D eigenvalue weighted by atomic mass is 9.95. The van der Waals surface area contributed by atoms with E-state index in [1.54, 1.807) is 6.07 Å². The van der Waals surface area contributed by atoms with Crippen molar-refractivity contribution < 1.29 is 23.4 Å². The quantitative estimate of drug-likeness (QED) is 0.627. The van der Waals surface area contributed by atoms with Crippen molar-refractivity contribution in [1.29, 1.82) is 0 Å². The third-order valence-electron chi connectivity index (χ3n) is 7.70. The highest BCUT2D eigenvalue weighted by atomic mass is 19.1. The van der Waals surface area contributed by atoms with E-state index in [0.717, 1.165) is 68.8 Å². The van der Waals surface area contributed by atoms with Gasteiger partial charge >= 0.3 is 0 Å². The minimum atomic E-state index is -0.652. The number of nitrogens with one attached hydrogen (secondary N) is 1. The summed E-state index contributed by atoms with van der Waals surface area (Å²) < 4.78 is 31.2. The first-order valence-corrected chi connectivity index (χ1v) is 12.9. The number of carbonyl (C=O) groups excluding carboxylic acids is 1. The Labute approximate surface area is 211 Å². The highest BCUT2D eigenvalue weighted by molar-refractivity contribution is 5.82. The lowest BCUT2D eigenvalue weighted by molar-refractivity contribution is -0.130. The van der Waals surface area contributed by atoms with E-state index in [0.29, 0.717) is 24.6 Å². The van der Waals surface area contributed by atoms with Gasteiger partial charge in [0.05, 0.1) is 13.2 Å². The van der Waals surface area contributed by atoms with Crippen LogP contribution in [0.25, 0.3) is 0 Å². The van der Waals surface area contributed by atoms with Gasteiger partial charge in [-0.15, -0.1) is 0 Å². The minimum Gasteiger partial charge on any atom is -0.494 e. The standard InChI is InChI=1S/C27H35FN4O4/c1-32-11-3-4-21(32)25(18-5-7-22(34-2)20(28)15-18)31-26(33)23-8-6-19-16-29-24(30-27(19)36-23)14-17-9-12-35-13-10-17/h5,7,15-17,21,23,25H,3-4,6,8-14H2,1-2H3,(H,31,33)/t21-,23-,25+/m1/s1. The van der Waals surface area contributed by atoms with E-state index in [9.17, 15) is 9.18 Å². The second kappa shape index (κ2) is 11.1. The average molecular weight is 499 g/mol. The van der Waals surface area contributed by atoms with E-state index < -0.39 is 11.9 Å².